The van der Waals surface area contributed by atoms with Gasteiger partial charge in [-0.1, -0.05) is 61.5 Å². The fourth-order valence-electron chi connectivity index (χ4n) is 4.09. The maximum atomic E-state index is 12.6. The fraction of sp³-hybridized carbons (Fsp3) is 0.296. The lowest BCUT2D eigenvalue weighted by Crippen LogP contribution is -2.31. The maximum Gasteiger partial charge on any atom is 0.255 e. The van der Waals surface area contributed by atoms with Crippen LogP contribution in [-0.2, 0) is 11.2 Å². The smallest absolute Gasteiger partial charge is 0.255 e. The summed E-state index contributed by atoms with van der Waals surface area (Å²) in [6, 6.07) is 26.1. The number of anilines is 1. The fourth-order valence-corrected chi connectivity index (χ4v) is 4.09. The van der Waals surface area contributed by atoms with Crippen LogP contribution in [0.25, 0.3) is 11.1 Å². The van der Waals surface area contributed by atoms with Gasteiger partial charge in [-0.05, 0) is 72.6 Å². The van der Waals surface area contributed by atoms with Gasteiger partial charge in [0.15, 0.2) is 0 Å². The summed E-state index contributed by atoms with van der Waals surface area (Å²) < 4.78 is 5.88. The van der Waals surface area contributed by atoms with E-state index in [-0.39, 0.29) is 5.91 Å². The van der Waals surface area contributed by atoms with Crippen molar-refractivity contribution in [3.05, 3.63) is 90.0 Å². The number of amides is 1. The Bertz CT molecular complexity index is 964. The summed E-state index contributed by atoms with van der Waals surface area (Å²) >= 11 is 0. The molecule has 0 spiro atoms. The minimum absolute atomic E-state index is 0.0918. The van der Waals surface area contributed by atoms with Crippen molar-refractivity contribution in [1.29, 1.82) is 0 Å². The van der Waals surface area contributed by atoms with Crippen LogP contribution in [0.3, 0.4) is 0 Å². The molecule has 1 amide bonds. The average Bonchev–Trinajstić information content (AvgIpc) is 2.78. The van der Waals surface area contributed by atoms with Crippen LogP contribution in [0.15, 0.2) is 78.9 Å². The summed E-state index contributed by atoms with van der Waals surface area (Å²) in [5.74, 6) is 1.08. The van der Waals surface area contributed by atoms with Crippen LogP contribution in [-0.4, -0.2) is 18.6 Å². The normalized spacial score (nSPS) is 21.2. The molecule has 3 atom stereocenters. The summed E-state index contributed by atoms with van der Waals surface area (Å²) in [5.41, 5.74) is 5.01. The minimum atomic E-state index is -0.0918. The van der Waals surface area contributed by atoms with Crippen LogP contribution in [0, 0.1) is 11.8 Å². The molecule has 3 aromatic rings. The minimum Gasteiger partial charge on any atom is -0.378 e. The number of carbonyl (C=O) groups is 1. The van der Waals surface area contributed by atoms with Crippen molar-refractivity contribution >= 4 is 11.6 Å². The first-order valence-electron chi connectivity index (χ1n) is 10.8. The van der Waals surface area contributed by atoms with Gasteiger partial charge in [0.1, 0.15) is 0 Å². The molecule has 1 N–H and O–H groups in total. The monoisotopic (exact) mass is 399 g/mol. The number of hydrogen-bond donors (Lipinski definition) is 1. The van der Waals surface area contributed by atoms with E-state index in [0.717, 1.165) is 29.8 Å². The zero-order chi connectivity index (χ0) is 20.9. The topological polar surface area (TPSA) is 38.3 Å². The molecule has 0 bridgehead atoms. The van der Waals surface area contributed by atoms with Crippen molar-refractivity contribution < 1.29 is 9.53 Å². The van der Waals surface area contributed by atoms with Crippen LogP contribution in [0.5, 0.6) is 0 Å². The predicted octanol–water partition coefficient (Wildman–Crippen LogP) is 6.21. The van der Waals surface area contributed by atoms with Crippen molar-refractivity contribution in [2.75, 3.05) is 11.9 Å². The Morgan fingerprint density at radius 3 is 2.23 bits per heavy atom. The summed E-state index contributed by atoms with van der Waals surface area (Å²) in [7, 11) is 0. The molecule has 1 fully saturated rings. The van der Waals surface area contributed by atoms with Gasteiger partial charge in [0.05, 0.1) is 12.7 Å². The summed E-state index contributed by atoms with van der Waals surface area (Å²) in [5, 5.41) is 3.00. The molecular formula is C27H29NO2. The van der Waals surface area contributed by atoms with E-state index < -0.39 is 0 Å². The number of nitrogens with one attached hydrogen (secondary N) is 1. The summed E-state index contributed by atoms with van der Waals surface area (Å²) in [6.07, 6.45) is 2.59. The lowest BCUT2D eigenvalue weighted by atomic mass is 9.86. The van der Waals surface area contributed by atoms with Gasteiger partial charge in [0, 0.05) is 11.3 Å². The SMILES string of the molecule is CC1CC(Cc2ccc(NC(=O)c3ccc(-c4ccccc4)cc3)cc2)COC1C. The first-order valence-corrected chi connectivity index (χ1v) is 10.8. The maximum absolute atomic E-state index is 12.6. The first kappa shape index (κ1) is 20.4. The zero-order valence-electron chi connectivity index (χ0n) is 17.7. The standard InChI is InChI=1S/C27H29NO2/c1-19-16-22(18-30-20(19)2)17-21-8-14-26(15-9-21)28-27(29)25-12-10-24(11-13-25)23-6-4-3-5-7-23/h3-15,19-20,22H,16-18H2,1-2H3,(H,28,29). The van der Waals surface area contributed by atoms with E-state index in [1.54, 1.807) is 0 Å². The summed E-state index contributed by atoms with van der Waals surface area (Å²) in [6.45, 7) is 5.26. The highest BCUT2D eigenvalue weighted by Crippen LogP contribution is 2.27. The van der Waals surface area contributed by atoms with Gasteiger partial charge in [0.25, 0.3) is 5.91 Å². The molecule has 0 radical (unpaired) electrons. The van der Waals surface area contributed by atoms with Gasteiger partial charge < -0.3 is 10.1 Å². The highest BCUT2D eigenvalue weighted by atomic mass is 16.5. The van der Waals surface area contributed by atoms with E-state index in [1.807, 2.05) is 54.6 Å². The van der Waals surface area contributed by atoms with Crippen LogP contribution in [0.1, 0.15) is 36.2 Å². The number of carbonyl (C=O) groups excluding carboxylic acids is 1. The van der Waals surface area contributed by atoms with Crippen molar-refractivity contribution in [1.82, 2.24) is 0 Å². The van der Waals surface area contributed by atoms with E-state index in [0.29, 0.717) is 23.5 Å². The second-order valence-corrected chi connectivity index (χ2v) is 8.42. The highest BCUT2D eigenvalue weighted by Gasteiger charge is 2.25. The van der Waals surface area contributed by atoms with Crippen LogP contribution >= 0.6 is 0 Å². The molecule has 3 nitrogen and oxygen atoms in total. The Labute approximate surface area is 179 Å². The molecule has 0 aliphatic carbocycles. The second kappa shape index (κ2) is 9.27. The molecule has 0 aromatic heterocycles. The largest absolute Gasteiger partial charge is 0.378 e. The molecule has 4 rings (SSSR count). The Balaban J connectivity index is 1.34. The van der Waals surface area contributed by atoms with Crippen LogP contribution in [0.4, 0.5) is 5.69 Å². The molecule has 154 valence electrons. The van der Waals surface area contributed by atoms with Gasteiger partial charge in [-0.3, -0.25) is 4.79 Å². The van der Waals surface area contributed by atoms with E-state index >= 15 is 0 Å². The molecule has 0 saturated carbocycles. The number of hydrogen-bond acceptors (Lipinski definition) is 2. The van der Waals surface area contributed by atoms with Crippen molar-refractivity contribution in [2.45, 2.75) is 32.8 Å². The Morgan fingerprint density at radius 2 is 1.57 bits per heavy atom. The number of benzene rings is 3. The molecule has 1 heterocycles. The second-order valence-electron chi connectivity index (χ2n) is 8.42. The van der Waals surface area contributed by atoms with Gasteiger partial charge in [-0.15, -0.1) is 0 Å². The molecule has 3 heteroatoms. The molecule has 1 aliphatic heterocycles. The van der Waals surface area contributed by atoms with Crippen molar-refractivity contribution in [3.8, 4) is 11.1 Å². The van der Waals surface area contributed by atoms with Crippen LogP contribution in [0.2, 0.25) is 0 Å². The predicted molar refractivity (Wildman–Crippen MR) is 123 cm³/mol. The quantitative estimate of drug-likeness (QED) is 0.554. The third-order valence-electron chi connectivity index (χ3n) is 6.09. The highest BCUT2D eigenvalue weighted by molar-refractivity contribution is 6.04. The summed E-state index contributed by atoms with van der Waals surface area (Å²) in [4.78, 5) is 12.6. The lowest BCUT2D eigenvalue weighted by Gasteiger charge is -2.32. The average molecular weight is 400 g/mol. The van der Waals surface area contributed by atoms with E-state index in [9.17, 15) is 4.79 Å². The zero-order valence-corrected chi connectivity index (χ0v) is 17.7. The molecule has 3 aromatic carbocycles. The molecule has 1 saturated heterocycles. The van der Waals surface area contributed by atoms with Gasteiger partial charge in [-0.25, -0.2) is 0 Å². The first-order chi connectivity index (χ1) is 14.6. The number of rotatable bonds is 5. The Kier molecular flexibility index (Phi) is 6.29. The Hall–Kier alpha value is -2.91. The lowest BCUT2D eigenvalue weighted by molar-refractivity contribution is -0.0397. The van der Waals surface area contributed by atoms with E-state index in [2.05, 4.69) is 43.4 Å². The van der Waals surface area contributed by atoms with Crippen molar-refractivity contribution in [3.63, 3.8) is 0 Å². The van der Waals surface area contributed by atoms with Gasteiger partial charge >= 0.3 is 0 Å². The van der Waals surface area contributed by atoms with E-state index in [1.165, 1.54) is 12.0 Å². The third kappa shape index (κ3) is 4.98. The molecule has 30 heavy (non-hydrogen) atoms. The molecule has 1 aliphatic rings. The van der Waals surface area contributed by atoms with Crippen LogP contribution < -0.4 is 5.32 Å². The molecule has 3 unspecified atom stereocenters. The number of ether oxygens (including phenoxy) is 1. The third-order valence-corrected chi connectivity index (χ3v) is 6.09. The molecular weight excluding hydrogens is 370 g/mol. The van der Waals surface area contributed by atoms with E-state index in [4.69, 9.17) is 4.74 Å². The van der Waals surface area contributed by atoms with Gasteiger partial charge in [-0.2, -0.15) is 0 Å². The Morgan fingerprint density at radius 1 is 0.900 bits per heavy atom. The van der Waals surface area contributed by atoms with Crippen molar-refractivity contribution in [2.24, 2.45) is 11.8 Å². The van der Waals surface area contributed by atoms with Gasteiger partial charge in [0.2, 0.25) is 0 Å².